The molecular weight excluding hydrogens is 358 g/mol. The molecule has 2 aromatic rings. The number of carbonyl (C=O) groups is 2. The van der Waals surface area contributed by atoms with Gasteiger partial charge in [-0.05, 0) is 25.1 Å². The molecule has 0 spiro atoms. The van der Waals surface area contributed by atoms with E-state index >= 15 is 0 Å². The van der Waals surface area contributed by atoms with Crippen LogP contribution in [0.2, 0.25) is 5.02 Å². The number of nitrogens with one attached hydrogen (secondary N) is 1. The molecule has 0 bridgehead atoms. The highest BCUT2D eigenvalue weighted by Crippen LogP contribution is 2.22. The van der Waals surface area contributed by atoms with Crippen molar-refractivity contribution < 1.29 is 22.7 Å². The van der Waals surface area contributed by atoms with Crippen LogP contribution in [0.3, 0.4) is 0 Å². The van der Waals surface area contributed by atoms with Crippen molar-refractivity contribution >= 4 is 33.4 Å². The Hall–Kier alpha value is -2.23. The number of rotatable bonds is 6. The highest BCUT2D eigenvalue weighted by Gasteiger charge is 2.18. The fraction of sp³-hybridized carbons (Fsp3) is 0.214. The third-order valence-corrected chi connectivity index (χ3v) is 4.40. The van der Waals surface area contributed by atoms with Crippen molar-refractivity contribution in [3.63, 3.8) is 0 Å². The van der Waals surface area contributed by atoms with Gasteiger partial charge >= 0.3 is 5.97 Å². The van der Waals surface area contributed by atoms with Crippen LogP contribution in [0.5, 0.6) is 0 Å². The molecule has 0 aliphatic carbocycles. The zero-order valence-corrected chi connectivity index (χ0v) is 14.1. The number of ether oxygens (including phenoxy) is 1. The molecule has 10 heteroatoms. The molecule has 0 amide bonds. The van der Waals surface area contributed by atoms with Gasteiger partial charge in [0, 0.05) is 5.56 Å². The number of hydrogen-bond acceptors (Lipinski definition) is 6. The molecule has 3 N–H and O–H groups in total. The van der Waals surface area contributed by atoms with Crippen molar-refractivity contribution in [2.75, 3.05) is 6.61 Å². The van der Waals surface area contributed by atoms with Crippen LogP contribution in [0.25, 0.3) is 0 Å². The van der Waals surface area contributed by atoms with Crippen molar-refractivity contribution in [3.8, 4) is 0 Å². The molecule has 24 heavy (non-hydrogen) atoms. The lowest BCUT2D eigenvalue weighted by atomic mass is 10.1. The second kappa shape index (κ2) is 7.12. The fourth-order valence-electron chi connectivity index (χ4n) is 1.91. The molecular formula is C14H14ClN3O5S. The predicted molar refractivity (Wildman–Crippen MR) is 85.4 cm³/mol. The second-order valence-corrected chi connectivity index (χ2v) is 6.69. The van der Waals surface area contributed by atoms with Gasteiger partial charge in [0.15, 0.2) is 5.78 Å². The van der Waals surface area contributed by atoms with Crippen LogP contribution in [-0.4, -0.2) is 36.7 Å². The summed E-state index contributed by atoms with van der Waals surface area (Å²) in [6.07, 6.45) is 1.10. The van der Waals surface area contributed by atoms with E-state index in [1.54, 1.807) is 6.92 Å². The maximum absolute atomic E-state index is 12.3. The molecule has 8 nitrogen and oxygen atoms in total. The van der Waals surface area contributed by atoms with E-state index in [0.717, 1.165) is 6.07 Å². The quantitative estimate of drug-likeness (QED) is 0.581. The molecule has 0 aliphatic rings. The first-order chi connectivity index (χ1) is 11.2. The lowest BCUT2D eigenvalue weighted by Gasteiger charge is -2.05. The molecule has 1 heterocycles. The summed E-state index contributed by atoms with van der Waals surface area (Å²) in [6, 6.07) is 3.77. The summed E-state index contributed by atoms with van der Waals surface area (Å²) >= 11 is 5.77. The average molecular weight is 372 g/mol. The first kappa shape index (κ1) is 18.1. The Morgan fingerprint density at radius 1 is 1.38 bits per heavy atom. The number of carbonyl (C=O) groups excluding carboxylic acids is 2. The number of nitrogens with two attached hydrogens (primary N) is 1. The number of hydrogen-bond donors (Lipinski definition) is 2. The molecule has 0 saturated carbocycles. The first-order valence-electron chi connectivity index (χ1n) is 6.79. The molecule has 0 fully saturated rings. The summed E-state index contributed by atoms with van der Waals surface area (Å²) in [5.41, 5.74) is 0.235. The van der Waals surface area contributed by atoms with Gasteiger partial charge in [-0.1, -0.05) is 11.6 Å². The van der Waals surface area contributed by atoms with E-state index in [0.29, 0.717) is 0 Å². The van der Waals surface area contributed by atoms with Crippen LogP contribution < -0.4 is 5.14 Å². The molecule has 1 aromatic heterocycles. The van der Waals surface area contributed by atoms with Gasteiger partial charge in [-0.15, -0.1) is 0 Å². The van der Waals surface area contributed by atoms with E-state index in [-0.39, 0.29) is 40.0 Å². The maximum Gasteiger partial charge on any atom is 0.356 e. The Kier molecular flexibility index (Phi) is 5.37. The summed E-state index contributed by atoms with van der Waals surface area (Å²) < 4.78 is 27.7. The smallest absolute Gasteiger partial charge is 0.356 e. The van der Waals surface area contributed by atoms with Gasteiger partial charge in [-0.2, -0.15) is 0 Å². The number of Topliss-reactive ketones (excluding diaryl/α,β-unsaturated/α-hetero) is 1. The summed E-state index contributed by atoms with van der Waals surface area (Å²) in [6.45, 7) is 1.88. The van der Waals surface area contributed by atoms with E-state index < -0.39 is 21.8 Å². The van der Waals surface area contributed by atoms with Gasteiger partial charge < -0.3 is 9.72 Å². The van der Waals surface area contributed by atoms with Crippen LogP contribution in [0.4, 0.5) is 0 Å². The number of ketones is 1. The van der Waals surface area contributed by atoms with E-state index in [4.69, 9.17) is 21.5 Å². The number of imidazole rings is 1. The van der Waals surface area contributed by atoms with Crippen LogP contribution in [-0.2, 0) is 21.2 Å². The van der Waals surface area contributed by atoms with Crippen molar-refractivity contribution in [3.05, 3.63) is 46.5 Å². The number of esters is 1. The summed E-state index contributed by atoms with van der Waals surface area (Å²) in [5.74, 6) is -0.747. The molecule has 0 atom stereocenters. The first-order valence-corrected chi connectivity index (χ1v) is 8.71. The van der Waals surface area contributed by atoms with Crippen molar-refractivity contribution in [1.29, 1.82) is 0 Å². The lowest BCUT2D eigenvalue weighted by Crippen LogP contribution is -2.14. The van der Waals surface area contributed by atoms with Crippen LogP contribution in [0.15, 0.2) is 29.3 Å². The topological polar surface area (TPSA) is 132 Å². The number of nitrogens with zero attached hydrogens (tertiary/aromatic N) is 1. The molecule has 128 valence electrons. The number of aromatic nitrogens is 2. The molecule has 2 rings (SSSR count). The van der Waals surface area contributed by atoms with E-state index in [1.165, 1.54) is 18.3 Å². The van der Waals surface area contributed by atoms with Gasteiger partial charge in [-0.3, -0.25) is 4.79 Å². The average Bonchev–Trinajstić information content (AvgIpc) is 2.95. The van der Waals surface area contributed by atoms with E-state index in [9.17, 15) is 18.0 Å². The number of halogens is 1. The fourth-order valence-corrected chi connectivity index (χ4v) is 2.99. The number of sulfonamides is 1. The van der Waals surface area contributed by atoms with Crippen molar-refractivity contribution in [2.45, 2.75) is 18.2 Å². The van der Waals surface area contributed by atoms with Crippen molar-refractivity contribution in [2.24, 2.45) is 5.14 Å². The van der Waals surface area contributed by atoms with Gasteiger partial charge in [0.05, 0.1) is 24.2 Å². The number of aromatic amines is 1. The van der Waals surface area contributed by atoms with Crippen LogP contribution >= 0.6 is 11.6 Å². The summed E-state index contributed by atoms with van der Waals surface area (Å²) in [4.78, 5) is 30.1. The number of benzene rings is 1. The SMILES string of the molecule is CCOC(=O)c1cnc(CC(=O)c2ccc(Cl)c(S(N)(=O)=O)c2)[nH]1. The number of primary sulfonamides is 1. The monoisotopic (exact) mass is 371 g/mol. The van der Waals surface area contributed by atoms with Gasteiger partial charge in [0.1, 0.15) is 16.4 Å². The predicted octanol–water partition coefficient (Wildman–Crippen LogP) is 1.31. The van der Waals surface area contributed by atoms with E-state index in [2.05, 4.69) is 9.97 Å². The summed E-state index contributed by atoms with van der Waals surface area (Å²) in [5, 5.41) is 4.98. The Balaban J connectivity index is 2.20. The largest absolute Gasteiger partial charge is 0.461 e. The maximum atomic E-state index is 12.3. The molecule has 0 aliphatic heterocycles. The van der Waals surface area contributed by atoms with Gasteiger partial charge in [-0.25, -0.2) is 23.3 Å². The van der Waals surface area contributed by atoms with Crippen LogP contribution in [0, 0.1) is 0 Å². The molecule has 1 aromatic carbocycles. The minimum Gasteiger partial charge on any atom is -0.461 e. The van der Waals surface area contributed by atoms with Crippen molar-refractivity contribution in [1.82, 2.24) is 9.97 Å². The third kappa shape index (κ3) is 4.19. The highest BCUT2D eigenvalue weighted by molar-refractivity contribution is 7.89. The Labute approximate surface area is 143 Å². The Morgan fingerprint density at radius 3 is 2.71 bits per heavy atom. The van der Waals surface area contributed by atoms with Crippen LogP contribution in [0.1, 0.15) is 33.6 Å². The summed E-state index contributed by atoms with van der Waals surface area (Å²) in [7, 11) is -4.04. The van der Waals surface area contributed by atoms with Gasteiger partial charge in [0.25, 0.3) is 0 Å². The zero-order valence-electron chi connectivity index (χ0n) is 12.6. The third-order valence-electron chi connectivity index (χ3n) is 3.01. The lowest BCUT2D eigenvalue weighted by molar-refractivity contribution is 0.0519. The number of H-pyrrole nitrogens is 1. The highest BCUT2D eigenvalue weighted by atomic mass is 35.5. The molecule has 0 unspecified atom stereocenters. The Morgan fingerprint density at radius 2 is 2.08 bits per heavy atom. The molecule has 0 radical (unpaired) electrons. The second-order valence-electron chi connectivity index (χ2n) is 4.75. The standard InChI is InChI=1S/C14H14ClN3O5S/c1-2-23-14(20)10-7-17-13(18-10)6-11(19)8-3-4-9(15)12(5-8)24(16,21)22/h3-5,7H,2,6H2,1H3,(H,17,18)(H2,16,21,22). The molecule has 0 saturated heterocycles. The zero-order chi connectivity index (χ0) is 17.9. The minimum absolute atomic E-state index is 0.0726. The van der Waals surface area contributed by atoms with E-state index in [1.807, 2.05) is 0 Å². The Bertz CT molecular complexity index is 892. The minimum atomic E-state index is -4.04. The normalized spacial score (nSPS) is 11.3. The van der Waals surface area contributed by atoms with Gasteiger partial charge in [0.2, 0.25) is 10.0 Å².